The number of aliphatic hydroxyl groups excluding tert-OH is 1. The topological polar surface area (TPSA) is 56.0 Å². The van der Waals surface area contributed by atoms with Gasteiger partial charge < -0.3 is 10.4 Å². The van der Waals surface area contributed by atoms with E-state index in [0.717, 1.165) is 11.1 Å². The van der Waals surface area contributed by atoms with Crippen LogP contribution in [0.5, 0.6) is 0 Å². The molecule has 0 fully saturated rings. The highest BCUT2D eigenvalue weighted by Gasteiger charge is 2.09. The number of aliphatic hydroxyl groups is 1. The summed E-state index contributed by atoms with van der Waals surface area (Å²) in [6, 6.07) is 19.7. The highest BCUT2D eigenvalue weighted by atomic mass is 16.3. The molecule has 2 N–H and O–H groups in total. The Morgan fingerprint density at radius 1 is 1.10 bits per heavy atom. The van der Waals surface area contributed by atoms with Gasteiger partial charge in [-0.05, 0) is 36.6 Å². The lowest BCUT2D eigenvalue weighted by Crippen LogP contribution is -2.30. The molecule has 0 aliphatic rings. The van der Waals surface area contributed by atoms with Gasteiger partial charge in [0.2, 0.25) is 0 Å². The van der Waals surface area contributed by atoms with Crippen molar-refractivity contribution in [3.63, 3.8) is 0 Å². The van der Waals surface area contributed by atoms with E-state index in [9.17, 15) is 5.11 Å². The molecule has 0 heterocycles. The molecule has 108 valence electrons. The van der Waals surface area contributed by atoms with Crippen LogP contribution in [-0.4, -0.2) is 17.8 Å². The SMILES string of the molecule is C[C@H](NC[C@@H](O)Cc1ccccc1)c1ccc(C#N)cc1. The number of benzene rings is 2. The summed E-state index contributed by atoms with van der Waals surface area (Å²) in [5.74, 6) is 0. The van der Waals surface area contributed by atoms with Gasteiger partial charge in [-0.2, -0.15) is 5.26 Å². The highest BCUT2D eigenvalue weighted by molar-refractivity contribution is 5.32. The second-order valence-electron chi connectivity index (χ2n) is 5.21. The second kappa shape index (κ2) is 7.58. The van der Waals surface area contributed by atoms with Crippen molar-refractivity contribution in [3.05, 3.63) is 71.3 Å². The van der Waals surface area contributed by atoms with Crippen molar-refractivity contribution >= 4 is 0 Å². The molecule has 0 aromatic heterocycles. The fourth-order valence-corrected chi connectivity index (χ4v) is 2.24. The summed E-state index contributed by atoms with van der Waals surface area (Å²) in [5, 5.41) is 22.2. The predicted molar refractivity (Wildman–Crippen MR) is 83.7 cm³/mol. The third kappa shape index (κ3) is 4.71. The second-order valence-corrected chi connectivity index (χ2v) is 5.21. The van der Waals surface area contributed by atoms with Crippen LogP contribution in [-0.2, 0) is 6.42 Å². The van der Waals surface area contributed by atoms with E-state index in [1.54, 1.807) is 0 Å². The van der Waals surface area contributed by atoms with Crippen molar-refractivity contribution in [2.75, 3.05) is 6.54 Å². The third-order valence-electron chi connectivity index (χ3n) is 3.51. The van der Waals surface area contributed by atoms with Crippen LogP contribution >= 0.6 is 0 Å². The Hall–Kier alpha value is -2.15. The van der Waals surface area contributed by atoms with Crippen molar-refractivity contribution in [1.29, 1.82) is 5.26 Å². The lowest BCUT2D eigenvalue weighted by Gasteiger charge is -2.17. The molecule has 2 rings (SSSR count). The Balaban J connectivity index is 1.82. The minimum absolute atomic E-state index is 0.142. The maximum atomic E-state index is 10.1. The predicted octanol–water partition coefficient (Wildman–Crippen LogP) is 2.81. The maximum absolute atomic E-state index is 10.1. The molecular formula is C18H20N2O. The molecular weight excluding hydrogens is 260 g/mol. The monoisotopic (exact) mass is 280 g/mol. The van der Waals surface area contributed by atoms with Gasteiger partial charge in [0.15, 0.2) is 0 Å². The number of nitriles is 1. The fourth-order valence-electron chi connectivity index (χ4n) is 2.24. The highest BCUT2D eigenvalue weighted by Crippen LogP contribution is 2.13. The Bertz CT molecular complexity index is 587. The zero-order valence-corrected chi connectivity index (χ0v) is 12.2. The zero-order valence-electron chi connectivity index (χ0n) is 12.2. The van der Waals surface area contributed by atoms with E-state index in [4.69, 9.17) is 5.26 Å². The molecule has 3 nitrogen and oxygen atoms in total. The van der Waals surface area contributed by atoms with Crippen molar-refractivity contribution in [3.8, 4) is 6.07 Å². The molecule has 3 heteroatoms. The van der Waals surface area contributed by atoms with E-state index in [1.807, 2.05) is 54.6 Å². The normalized spacial score (nSPS) is 13.4. The first-order valence-electron chi connectivity index (χ1n) is 7.14. The van der Waals surface area contributed by atoms with Crippen molar-refractivity contribution in [1.82, 2.24) is 5.32 Å². The summed E-state index contributed by atoms with van der Waals surface area (Å²) in [7, 11) is 0. The molecule has 2 atom stereocenters. The van der Waals surface area contributed by atoms with Gasteiger partial charge in [0.25, 0.3) is 0 Å². The zero-order chi connectivity index (χ0) is 15.1. The lowest BCUT2D eigenvalue weighted by atomic mass is 10.1. The minimum Gasteiger partial charge on any atom is -0.391 e. The van der Waals surface area contributed by atoms with E-state index in [0.29, 0.717) is 18.5 Å². The molecule has 0 saturated carbocycles. The van der Waals surface area contributed by atoms with Crippen LogP contribution in [0.3, 0.4) is 0 Å². The number of nitrogens with zero attached hydrogens (tertiary/aromatic N) is 1. The summed E-state index contributed by atoms with van der Waals surface area (Å²) < 4.78 is 0. The summed E-state index contributed by atoms with van der Waals surface area (Å²) in [4.78, 5) is 0. The van der Waals surface area contributed by atoms with Gasteiger partial charge in [0.05, 0.1) is 17.7 Å². The largest absolute Gasteiger partial charge is 0.391 e. The summed E-state index contributed by atoms with van der Waals surface area (Å²) in [5.41, 5.74) is 2.91. The minimum atomic E-state index is -0.409. The van der Waals surface area contributed by atoms with Gasteiger partial charge in [0.1, 0.15) is 0 Å². The van der Waals surface area contributed by atoms with E-state index in [1.165, 1.54) is 0 Å². The number of rotatable bonds is 6. The smallest absolute Gasteiger partial charge is 0.0991 e. The van der Waals surface area contributed by atoms with Crippen LogP contribution in [0, 0.1) is 11.3 Å². The molecule has 0 bridgehead atoms. The van der Waals surface area contributed by atoms with Gasteiger partial charge >= 0.3 is 0 Å². The molecule has 0 spiro atoms. The number of hydrogen-bond acceptors (Lipinski definition) is 3. The first-order chi connectivity index (χ1) is 10.2. The van der Waals surface area contributed by atoms with Gasteiger partial charge in [-0.25, -0.2) is 0 Å². The van der Waals surface area contributed by atoms with Gasteiger partial charge in [-0.1, -0.05) is 42.5 Å². The Labute approximate surface area is 125 Å². The van der Waals surface area contributed by atoms with Crippen LogP contribution in [0.25, 0.3) is 0 Å². The van der Waals surface area contributed by atoms with E-state index in [-0.39, 0.29) is 6.04 Å². The molecule has 0 aliphatic heterocycles. The van der Waals surface area contributed by atoms with Gasteiger partial charge in [-0.3, -0.25) is 0 Å². The summed E-state index contributed by atoms with van der Waals surface area (Å²) >= 11 is 0. The molecule has 0 aliphatic carbocycles. The first kappa shape index (κ1) is 15.2. The van der Waals surface area contributed by atoms with Gasteiger partial charge in [0, 0.05) is 12.6 Å². The van der Waals surface area contributed by atoms with Gasteiger partial charge in [-0.15, -0.1) is 0 Å². The average Bonchev–Trinajstić information content (AvgIpc) is 2.53. The van der Waals surface area contributed by atoms with Crippen LogP contribution in [0.2, 0.25) is 0 Å². The Morgan fingerprint density at radius 3 is 2.38 bits per heavy atom. The average molecular weight is 280 g/mol. The van der Waals surface area contributed by atoms with E-state index in [2.05, 4.69) is 18.3 Å². The van der Waals surface area contributed by atoms with Crippen LogP contribution in [0.1, 0.15) is 29.7 Å². The van der Waals surface area contributed by atoms with Crippen molar-refractivity contribution in [2.24, 2.45) is 0 Å². The molecule has 0 amide bonds. The Kier molecular flexibility index (Phi) is 5.51. The van der Waals surface area contributed by atoms with Crippen molar-refractivity contribution < 1.29 is 5.11 Å². The Morgan fingerprint density at radius 2 is 1.76 bits per heavy atom. The fraction of sp³-hybridized carbons (Fsp3) is 0.278. The molecule has 2 aromatic rings. The maximum Gasteiger partial charge on any atom is 0.0991 e. The van der Waals surface area contributed by atoms with Crippen LogP contribution in [0.15, 0.2) is 54.6 Å². The summed E-state index contributed by atoms with van der Waals surface area (Å²) in [6.07, 6.45) is 0.238. The number of nitrogens with one attached hydrogen (secondary N) is 1. The molecule has 21 heavy (non-hydrogen) atoms. The lowest BCUT2D eigenvalue weighted by molar-refractivity contribution is 0.168. The van der Waals surface area contributed by atoms with Crippen LogP contribution in [0.4, 0.5) is 0 Å². The van der Waals surface area contributed by atoms with Crippen molar-refractivity contribution in [2.45, 2.75) is 25.5 Å². The van der Waals surface area contributed by atoms with E-state index >= 15 is 0 Å². The summed E-state index contributed by atoms with van der Waals surface area (Å²) in [6.45, 7) is 2.59. The van der Waals surface area contributed by atoms with Crippen LogP contribution < -0.4 is 5.32 Å². The number of hydrogen-bond donors (Lipinski definition) is 2. The quantitative estimate of drug-likeness (QED) is 0.855. The molecule has 0 saturated heterocycles. The molecule has 2 aromatic carbocycles. The first-order valence-corrected chi connectivity index (χ1v) is 7.14. The molecule has 0 radical (unpaired) electrons. The standard InChI is InChI=1S/C18H20N2O/c1-14(17-9-7-16(12-19)8-10-17)20-13-18(21)11-15-5-3-2-4-6-15/h2-10,14,18,20-21H,11,13H2,1H3/t14-,18-/m0/s1. The third-order valence-corrected chi connectivity index (χ3v) is 3.51. The van der Waals surface area contributed by atoms with E-state index < -0.39 is 6.10 Å². The molecule has 0 unspecified atom stereocenters.